The van der Waals surface area contributed by atoms with Gasteiger partial charge < -0.3 is 5.32 Å². The number of nitrogens with zero attached hydrogens (tertiary/aromatic N) is 3. The number of carbonyl (C=O) groups is 1. The summed E-state index contributed by atoms with van der Waals surface area (Å²) in [5, 5.41) is 10.7. The minimum absolute atomic E-state index is 0.100. The summed E-state index contributed by atoms with van der Waals surface area (Å²) in [6.07, 6.45) is 1.84. The Kier molecular flexibility index (Phi) is 5.40. The van der Waals surface area contributed by atoms with Gasteiger partial charge in [-0.15, -0.1) is 5.10 Å². The number of allylic oxidation sites excluding steroid dienone is 1. The van der Waals surface area contributed by atoms with Crippen molar-refractivity contribution in [2.75, 3.05) is 10.6 Å². The van der Waals surface area contributed by atoms with Crippen molar-refractivity contribution >= 4 is 35.1 Å². The Labute approximate surface area is 194 Å². The van der Waals surface area contributed by atoms with Crippen LogP contribution < -0.4 is 10.6 Å². The molecule has 164 valence electrons. The van der Waals surface area contributed by atoms with Gasteiger partial charge >= 0.3 is 0 Å². The van der Waals surface area contributed by atoms with Crippen LogP contribution in [0.5, 0.6) is 0 Å². The van der Waals surface area contributed by atoms with E-state index in [4.69, 9.17) is 11.6 Å². The molecule has 33 heavy (non-hydrogen) atoms. The third-order valence-corrected chi connectivity index (χ3v) is 5.71. The molecule has 0 bridgehead atoms. The fourth-order valence-corrected chi connectivity index (χ4v) is 3.98. The van der Waals surface area contributed by atoms with Crippen molar-refractivity contribution in [1.82, 2.24) is 14.8 Å². The van der Waals surface area contributed by atoms with Gasteiger partial charge in [0.15, 0.2) is 0 Å². The highest BCUT2D eigenvalue weighted by molar-refractivity contribution is 6.31. The van der Waals surface area contributed by atoms with Crippen LogP contribution in [0.1, 0.15) is 33.1 Å². The summed E-state index contributed by atoms with van der Waals surface area (Å²) in [5.74, 6) is -0.331. The molecule has 5 rings (SSSR count). The lowest BCUT2D eigenvalue weighted by molar-refractivity contribution is 0.102. The van der Waals surface area contributed by atoms with E-state index in [0.29, 0.717) is 11.5 Å². The molecular formula is C25H19ClFN5O. The largest absolute Gasteiger partial charge is 0.324 e. The van der Waals surface area contributed by atoms with E-state index < -0.39 is 11.9 Å². The zero-order chi connectivity index (χ0) is 22.9. The Balaban J connectivity index is 1.54. The summed E-state index contributed by atoms with van der Waals surface area (Å²) in [4.78, 5) is 17.1. The molecule has 1 aliphatic heterocycles. The first-order valence-corrected chi connectivity index (χ1v) is 10.7. The Hall–Kier alpha value is -3.97. The van der Waals surface area contributed by atoms with E-state index in [0.717, 1.165) is 16.8 Å². The minimum Gasteiger partial charge on any atom is -0.324 e. The van der Waals surface area contributed by atoms with Crippen molar-refractivity contribution in [1.29, 1.82) is 0 Å². The van der Waals surface area contributed by atoms with Gasteiger partial charge in [-0.25, -0.2) is 9.07 Å². The summed E-state index contributed by atoms with van der Waals surface area (Å²) < 4.78 is 16.4. The van der Waals surface area contributed by atoms with Gasteiger partial charge in [0.25, 0.3) is 11.9 Å². The van der Waals surface area contributed by atoms with Crippen LogP contribution in [-0.4, -0.2) is 20.7 Å². The number of hydrogen-bond donors (Lipinski definition) is 2. The predicted molar refractivity (Wildman–Crippen MR) is 127 cm³/mol. The normalized spacial score (nSPS) is 14.8. The second-order valence-corrected chi connectivity index (χ2v) is 8.08. The SMILES string of the molecule is Cc1ccc(C(=O)Nc2nc3n(n2)[C@@H](c2c(F)cccc2Cl)C=C(c2ccccc2)N3)cc1. The molecule has 1 amide bonds. The molecular weight excluding hydrogens is 441 g/mol. The maximum Gasteiger partial charge on any atom is 0.258 e. The summed E-state index contributed by atoms with van der Waals surface area (Å²) in [7, 11) is 0. The van der Waals surface area contributed by atoms with E-state index in [1.165, 1.54) is 10.7 Å². The van der Waals surface area contributed by atoms with E-state index in [9.17, 15) is 9.18 Å². The standard InChI is InChI=1S/C25H19ClFN5O/c1-15-10-12-17(13-11-15)23(33)29-24-30-25-28-20(16-6-3-2-4-7-16)14-21(32(25)31-24)22-18(26)8-5-9-19(22)27/h2-14,21H,1H3,(H2,28,29,30,31,33)/t21-/m1/s1. The molecule has 2 N–H and O–H groups in total. The van der Waals surface area contributed by atoms with E-state index in [2.05, 4.69) is 20.7 Å². The van der Waals surface area contributed by atoms with Gasteiger partial charge in [0.05, 0.1) is 0 Å². The summed E-state index contributed by atoms with van der Waals surface area (Å²) >= 11 is 6.39. The molecule has 8 heteroatoms. The van der Waals surface area contributed by atoms with Gasteiger partial charge in [-0.05, 0) is 42.8 Å². The lowest BCUT2D eigenvalue weighted by Crippen LogP contribution is -2.21. The number of halogens is 2. The van der Waals surface area contributed by atoms with Crippen LogP contribution in [0.25, 0.3) is 5.70 Å². The lowest BCUT2D eigenvalue weighted by atomic mass is 10.0. The van der Waals surface area contributed by atoms with E-state index in [1.54, 1.807) is 24.3 Å². The smallest absolute Gasteiger partial charge is 0.258 e. The number of aryl methyl sites for hydroxylation is 1. The van der Waals surface area contributed by atoms with Gasteiger partial charge in [0, 0.05) is 21.8 Å². The fraction of sp³-hybridized carbons (Fsp3) is 0.0800. The molecule has 0 radical (unpaired) electrons. The molecule has 3 aromatic carbocycles. The lowest BCUT2D eigenvalue weighted by Gasteiger charge is -2.25. The van der Waals surface area contributed by atoms with Crippen molar-refractivity contribution in [2.45, 2.75) is 13.0 Å². The molecule has 0 aliphatic carbocycles. The Morgan fingerprint density at radius 3 is 2.55 bits per heavy atom. The molecule has 6 nitrogen and oxygen atoms in total. The molecule has 1 aromatic heterocycles. The number of fused-ring (bicyclic) bond motifs is 1. The Morgan fingerprint density at radius 1 is 1.06 bits per heavy atom. The van der Waals surface area contributed by atoms with E-state index >= 15 is 0 Å². The van der Waals surface area contributed by atoms with Crippen molar-refractivity contribution in [3.8, 4) is 0 Å². The average molecular weight is 460 g/mol. The number of aromatic nitrogens is 3. The van der Waals surface area contributed by atoms with Crippen LogP contribution in [-0.2, 0) is 0 Å². The average Bonchev–Trinajstić information content (AvgIpc) is 3.22. The number of hydrogen-bond acceptors (Lipinski definition) is 4. The molecule has 1 aliphatic rings. The molecule has 0 saturated heterocycles. The number of benzene rings is 3. The third-order valence-electron chi connectivity index (χ3n) is 5.39. The van der Waals surface area contributed by atoms with Gasteiger partial charge in [-0.1, -0.05) is 65.7 Å². The van der Waals surface area contributed by atoms with Gasteiger partial charge in [0.1, 0.15) is 11.9 Å². The van der Waals surface area contributed by atoms with Crippen molar-refractivity contribution in [3.05, 3.63) is 112 Å². The quantitative estimate of drug-likeness (QED) is 0.411. The highest BCUT2D eigenvalue weighted by Crippen LogP contribution is 2.37. The van der Waals surface area contributed by atoms with Gasteiger partial charge in [0.2, 0.25) is 5.95 Å². The first kappa shape index (κ1) is 20.9. The van der Waals surface area contributed by atoms with Crippen LogP contribution in [0, 0.1) is 12.7 Å². The van der Waals surface area contributed by atoms with Crippen LogP contribution >= 0.6 is 11.6 Å². The molecule has 1 atom stereocenters. The number of rotatable bonds is 4. The number of carbonyl (C=O) groups excluding carboxylic acids is 1. The Bertz CT molecular complexity index is 1350. The number of nitrogens with one attached hydrogen (secondary N) is 2. The summed E-state index contributed by atoms with van der Waals surface area (Å²) in [6, 6.07) is 20.7. The van der Waals surface area contributed by atoms with Gasteiger partial charge in [-0.2, -0.15) is 4.98 Å². The first-order valence-electron chi connectivity index (χ1n) is 10.3. The van der Waals surface area contributed by atoms with E-state index in [1.807, 2.05) is 55.5 Å². The highest BCUT2D eigenvalue weighted by atomic mass is 35.5. The van der Waals surface area contributed by atoms with Crippen LogP contribution in [0.3, 0.4) is 0 Å². The van der Waals surface area contributed by atoms with Crippen molar-refractivity contribution in [3.63, 3.8) is 0 Å². The molecule has 0 fully saturated rings. The Morgan fingerprint density at radius 2 is 1.82 bits per heavy atom. The van der Waals surface area contributed by atoms with Crippen molar-refractivity contribution in [2.24, 2.45) is 0 Å². The minimum atomic E-state index is -0.664. The second kappa shape index (κ2) is 8.52. The van der Waals surface area contributed by atoms with E-state index in [-0.39, 0.29) is 22.4 Å². The van der Waals surface area contributed by atoms with Gasteiger partial charge in [-0.3, -0.25) is 10.1 Å². The van der Waals surface area contributed by atoms with Crippen LogP contribution in [0.15, 0.2) is 78.9 Å². The maximum absolute atomic E-state index is 14.9. The molecule has 0 saturated carbocycles. The molecule has 0 unspecified atom stereocenters. The monoisotopic (exact) mass is 459 g/mol. The maximum atomic E-state index is 14.9. The third kappa shape index (κ3) is 4.10. The first-order chi connectivity index (χ1) is 16.0. The summed E-state index contributed by atoms with van der Waals surface area (Å²) in [5.41, 5.74) is 3.44. The zero-order valence-electron chi connectivity index (χ0n) is 17.6. The molecule has 2 heterocycles. The van der Waals surface area contributed by atoms with Crippen LogP contribution in [0.4, 0.5) is 16.3 Å². The molecule has 0 spiro atoms. The number of amides is 1. The predicted octanol–water partition coefficient (Wildman–Crippen LogP) is 5.69. The van der Waals surface area contributed by atoms with Crippen molar-refractivity contribution < 1.29 is 9.18 Å². The summed E-state index contributed by atoms with van der Waals surface area (Å²) in [6.45, 7) is 1.95. The number of anilines is 2. The highest BCUT2D eigenvalue weighted by Gasteiger charge is 2.29. The second-order valence-electron chi connectivity index (χ2n) is 7.68. The van der Waals surface area contributed by atoms with Crippen LogP contribution in [0.2, 0.25) is 5.02 Å². The zero-order valence-corrected chi connectivity index (χ0v) is 18.3. The molecule has 4 aromatic rings. The fourth-order valence-electron chi connectivity index (χ4n) is 3.71. The topological polar surface area (TPSA) is 71.8 Å².